The van der Waals surface area contributed by atoms with E-state index in [0.29, 0.717) is 17.8 Å². The van der Waals surface area contributed by atoms with Crippen LogP contribution in [0.15, 0.2) is 10.9 Å². The van der Waals surface area contributed by atoms with Gasteiger partial charge < -0.3 is 10.3 Å². The van der Waals surface area contributed by atoms with Gasteiger partial charge in [-0.15, -0.1) is 0 Å². The van der Waals surface area contributed by atoms with Crippen molar-refractivity contribution < 1.29 is 0 Å². The third kappa shape index (κ3) is 5.89. The Morgan fingerprint density at radius 2 is 2.12 bits per heavy atom. The maximum atomic E-state index is 11.5. The molecule has 0 atom stereocenters. The summed E-state index contributed by atoms with van der Waals surface area (Å²) in [4.78, 5) is 18.7. The summed E-state index contributed by atoms with van der Waals surface area (Å²) in [5, 5.41) is 3.80. The molecule has 0 unspecified atom stereocenters. The highest BCUT2D eigenvalue weighted by atomic mass is 32.2. The second kappa shape index (κ2) is 6.81. The molecule has 0 aromatic carbocycles. The molecule has 1 heterocycles. The Balaban J connectivity index is 2.69. The smallest absolute Gasteiger partial charge is 0.251 e. The molecule has 0 saturated carbocycles. The highest BCUT2D eigenvalue weighted by Crippen LogP contribution is 2.13. The lowest BCUT2D eigenvalue weighted by Crippen LogP contribution is -2.24. The normalized spacial score (nSPS) is 11.4. The van der Waals surface area contributed by atoms with E-state index in [0.717, 1.165) is 17.3 Å². The molecule has 0 aliphatic rings. The number of hydrogen-bond donors (Lipinski definition) is 2. The predicted octanol–water partition coefficient (Wildman–Crippen LogP) is 1.91. The summed E-state index contributed by atoms with van der Waals surface area (Å²) in [6.07, 6.45) is 0. The minimum Gasteiger partial charge on any atom is -0.310 e. The second-order valence-electron chi connectivity index (χ2n) is 4.58. The largest absolute Gasteiger partial charge is 0.310 e. The Morgan fingerprint density at radius 3 is 2.71 bits per heavy atom. The van der Waals surface area contributed by atoms with Crippen LogP contribution in [0.4, 0.5) is 0 Å². The van der Waals surface area contributed by atoms with Crippen LogP contribution in [0.5, 0.6) is 0 Å². The van der Waals surface area contributed by atoms with E-state index in [9.17, 15) is 4.79 Å². The van der Waals surface area contributed by atoms with E-state index in [2.05, 4.69) is 43.0 Å². The van der Waals surface area contributed by atoms with Gasteiger partial charge in [0.1, 0.15) is 5.82 Å². The van der Waals surface area contributed by atoms with Gasteiger partial charge in [0.2, 0.25) is 0 Å². The monoisotopic (exact) mass is 255 g/mol. The summed E-state index contributed by atoms with van der Waals surface area (Å²) in [5.74, 6) is 1.51. The van der Waals surface area contributed by atoms with Crippen molar-refractivity contribution in [2.24, 2.45) is 0 Å². The van der Waals surface area contributed by atoms with Gasteiger partial charge in [-0.25, -0.2) is 4.98 Å². The molecule has 1 rings (SSSR count). The summed E-state index contributed by atoms with van der Waals surface area (Å²) in [6.45, 7) is 9.05. The molecule has 0 fully saturated rings. The van der Waals surface area contributed by atoms with Crippen molar-refractivity contribution in [1.82, 2.24) is 15.3 Å². The van der Waals surface area contributed by atoms with Gasteiger partial charge in [0.25, 0.3) is 5.56 Å². The Kier molecular flexibility index (Phi) is 5.71. The number of hydrogen-bond acceptors (Lipinski definition) is 4. The molecule has 0 spiro atoms. The number of rotatable bonds is 6. The Hall–Kier alpha value is -0.810. The van der Waals surface area contributed by atoms with E-state index in [4.69, 9.17) is 0 Å². The molecule has 0 saturated heterocycles. The molecule has 0 aliphatic heterocycles. The van der Waals surface area contributed by atoms with Gasteiger partial charge in [-0.1, -0.05) is 27.7 Å². The molecule has 0 aliphatic carbocycles. The molecular formula is C12H21N3OS. The summed E-state index contributed by atoms with van der Waals surface area (Å²) < 4.78 is 0. The number of thioether (sulfide) groups is 1. The first kappa shape index (κ1) is 14.3. The third-order valence-electron chi connectivity index (χ3n) is 2.09. The van der Waals surface area contributed by atoms with E-state index in [1.54, 1.807) is 17.8 Å². The van der Waals surface area contributed by atoms with Gasteiger partial charge in [-0.2, -0.15) is 11.8 Å². The molecule has 1 aromatic rings. The molecule has 1 aromatic heterocycles. The lowest BCUT2D eigenvalue weighted by Gasteiger charge is -2.09. The summed E-state index contributed by atoms with van der Waals surface area (Å²) in [5.41, 5.74) is 0.738. The first-order valence-electron chi connectivity index (χ1n) is 5.91. The van der Waals surface area contributed by atoms with Crippen LogP contribution in [0.3, 0.4) is 0 Å². The number of nitrogens with one attached hydrogen (secondary N) is 2. The standard InChI is InChI=1S/C12H21N3OS/c1-8(2)13-6-10-5-12(16)15-11(14-10)7-17-9(3)4/h5,8-9,13H,6-7H2,1-4H3,(H,14,15,16). The van der Waals surface area contributed by atoms with Crippen molar-refractivity contribution in [3.05, 3.63) is 27.9 Å². The fourth-order valence-electron chi connectivity index (χ4n) is 1.28. The van der Waals surface area contributed by atoms with Gasteiger partial charge in [0, 0.05) is 18.7 Å². The van der Waals surface area contributed by atoms with Crippen molar-refractivity contribution in [3.8, 4) is 0 Å². The van der Waals surface area contributed by atoms with Gasteiger partial charge in [0.05, 0.1) is 11.4 Å². The first-order valence-corrected chi connectivity index (χ1v) is 6.96. The minimum absolute atomic E-state index is 0.0695. The van der Waals surface area contributed by atoms with Gasteiger partial charge in [-0.3, -0.25) is 4.79 Å². The molecule has 2 N–H and O–H groups in total. The van der Waals surface area contributed by atoms with E-state index in [1.807, 2.05) is 0 Å². The van der Waals surface area contributed by atoms with Crippen LogP contribution in [-0.2, 0) is 12.3 Å². The predicted molar refractivity (Wildman–Crippen MR) is 73.3 cm³/mol. The average Bonchev–Trinajstić information content (AvgIpc) is 2.23. The van der Waals surface area contributed by atoms with E-state index in [-0.39, 0.29) is 5.56 Å². The quantitative estimate of drug-likeness (QED) is 0.815. The maximum absolute atomic E-state index is 11.5. The fraction of sp³-hybridized carbons (Fsp3) is 0.667. The number of nitrogens with zero attached hydrogens (tertiary/aromatic N) is 1. The van der Waals surface area contributed by atoms with E-state index < -0.39 is 0 Å². The first-order chi connectivity index (χ1) is 7.97. The molecule has 0 radical (unpaired) electrons. The zero-order valence-corrected chi connectivity index (χ0v) is 11.7. The SMILES string of the molecule is CC(C)NCc1cc(=O)[nH]c(CSC(C)C)n1. The minimum atomic E-state index is -0.0695. The van der Waals surface area contributed by atoms with Crippen LogP contribution >= 0.6 is 11.8 Å². The zero-order chi connectivity index (χ0) is 12.8. The summed E-state index contributed by atoms with van der Waals surface area (Å²) in [7, 11) is 0. The summed E-state index contributed by atoms with van der Waals surface area (Å²) >= 11 is 1.77. The highest BCUT2D eigenvalue weighted by Gasteiger charge is 2.03. The molecule has 96 valence electrons. The van der Waals surface area contributed by atoms with E-state index >= 15 is 0 Å². The Bertz CT molecular complexity index is 368. The molecule has 17 heavy (non-hydrogen) atoms. The third-order valence-corrected chi connectivity index (χ3v) is 3.20. The lowest BCUT2D eigenvalue weighted by molar-refractivity contribution is 0.579. The number of H-pyrrole nitrogens is 1. The van der Waals surface area contributed by atoms with Crippen LogP contribution in [-0.4, -0.2) is 21.3 Å². The van der Waals surface area contributed by atoms with Crippen LogP contribution in [0.1, 0.15) is 39.2 Å². The van der Waals surface area contributed by atoms with Crippen molar-refractivity contribution >= 4 is 11.8 Å². The Labute approximate surface area is 107 Å². The maximum Gasteiger partial charge on any atom is 0.251 e. The van der Waals surface area contributed by atoms with Crippen LogP contribution in [0.25, 0.3) is 0 Å². The molecule has 5 heteroatoms. The second-order valence-corrected chi connectivity index (χ2v) is 6.14. The van der Waals surface area contributed by atoms with Crippen molar-refractivity contribution in [3.63, 3.8) is 0 Å². The average molecular weight is 255 g/mol. The van der Waals surface area contributed by atoms with Gasteiger partial charge in [0.15, 0.2) is 0 Å². The van der Waals surface area contributed by atoms with Crippen molar-refractivity contribution in [2.45, 2.75) is 51.3 Å². The Morgan fingerprint density at radius 1 is 1.41 bits per heavy atom. The van der Waals surface area contributed by atoms with E-state index in [1.165, 1.54) is 0 Å². The molecule has 0 amide bonds. The van der Waals surface area contributed by atoms with Gasteiger partial charge >= 0.3 is 0 Å². The highest BCUT2D eigenvalue weighted by molar-refractivity contribution is 7.99. The molecule has 4 nitrogen and oxygen atoms in total. The topological polar surface area (TPSA) is 57.8 Å². The van der Waals surface area contributed by atoms with Crippen molar-refractivity contribution in [2.75, 3.05) is 0 Å². The molecule has 0 bridgehead atoms. The number of aromatic amines is 1. The summed E-state index contributed by atoms with van der Waals surface area (Å²) in [6, 6.07) is 1.95. The number of aromatic nitrogens is 2. The van der Waals surface area contributed by atoms with Crippen LogP contribution in [0.2, 0.25) is 0 Å². The zero-order valence-electron chi connectivity index (χ0n) is 10.9. The molecular weight excluding hydrogens is 234 g/mol. The fourth-order valence-corrected chi connectivity index (χ4v) is 1.90. The lowest BCUT2D eigenvalue weighted by atomic mass is 10.3. The van der Waals surface area contributed by atoms with Crippen LogP contribution in [0, 0.1) is 0 Å². The van der Waals surface area contributed by atoms with Crippen molar-refractivity contribution in [1.29, 1.82) is 0 Å². The van der Waals surface area contributed by atoms with Crippen LogP contribution < -0.4 is 10.9 Å². The van der Waals surface area contributed by atoms with Gasteiger partial charge in [-0.05, 0) is 5.25 Å².